The van der Waals surface area contributed by atoms with Gasteiger partial charge < -0.3 is 19.1 Å². The molecule has 0 amide bonds. The number of likely N-dealkylation sites (N-methyl/N-ethyl adjacent to an activating group) is 1. The van der Waals surface area contributed by atoms with E-state index in [4.69, 9.17) is 4.74 Å². The highest BCUT2D eigenvalue weighted by Gasteiger charge is 2.22. The Kier molecular flexibility index (Phi) is 13.6. The Hall–Kier alpha value is -1.62. The number of carbonyl (C=O) groups excluding carboxylic acids is 2. The highest BCUT2D eigenvalue weighted by Crippen LogP contribution is 2.08. The first-order chi connectivity index (χ1) is 12.2. The highest BCUT2D eigenvalue weighted by atomic mass is 16.5. The number of allylic oxidation sites excluding steroid dienone is 4. The zero-order valence-electron chi connectivity index (χ0n) is 17.0. The molecule has 0 saturated heterocycles. The normalized spacial score (nSPS) is 13.4. The van der Waals surface area contributed by atoms with Gasteiger partial charge in [0.05, 0.1) is 21.1 Å². The molecule has 0 fully saturated rings. The van der Waals surface area contributed by atoms with Crippen LogP contribution in [0.15, 0.2) is 24.3 Å². The van der Waals surface area contributed by atoms with Crippen molar-refractivity contribution in [1.29, 1.82) is 0 Å². The summed E-state index contributed by atoms with van der Waals surface area (Å²) in [6.45, 7) is 2.65. The number of aliphatic carboxylic acids is 1. The van der Waals surface area contributed by atoms with Gasteiger partial charge in [-0.3, -0.25) is 4.79 Å². The van der Waals surface area contributed by atoms with E-state index in [9.17, 15) is 14.7 Å². The third-order valence-corrected chi connectivity index (χ3v) is 3.78. The van der Waals surface area contributed by atoms with Crippen LogP contribution in [0.3, 0.4) is 0 Å². The van der Waals surface area contributed by atoms with Crippen molar-refractivity contribution in [1.82, 2.24) is 0 Å². The average molecular weight is 368 g/mol. The maximum absolute atomic E-state index is 11.9. The van der Waals surface area contributed by atoms with Gasteiger partial charge in [0.15, 0.2) is 6.10 Å². The Balaban J connectivity index is 3.94. The number of hydrogen-bond acceptors (Lipinski definition) is 4. The minimum Gasteiger partial charge on any atom is -0.550 e. The third kappa shape index (κ3) is 17.2. The summed E-state index contributed by atoms with van der Waals surface area (Å²) in [5.74, 6) is -1.53. The fraction of sp³-hybridized carbons (Fsp3) is 0.714. The molecule has 0 radical (unpaired) electrons. The van der Waals surface area contributed by atoms with E-state index >= 15 is 0 Å². The second kappa shape index (κ2) is 14.5. The van der Waals surface area contributed by atoms with Gasteiger partial charge in [0.2, 0.25) is 0 Å². The summed E-state index contributed by atoms with van der Waals surface area (Å²) in [4.78, 5) is 22.7. The number of carboxylic acids is 1. The number of nitrogens with zero attached hydrogens (tertiary/aromatic N) is 1. The van der Waals surface area contributed by atoms with Gasteiger partial charge in [0.1, 0.15) is 6.54 Å². The van der Waals surface area contributed by atoms with E-state index < -0.39 is 12.1 Å². The molecule has 0 aromatic carbocycles. The molecule has 0 heterocycles. The SMILES string of the molecule is CCCCC/C=C\C/C=C\CCCC(=O)OC(CC(=O)[O-])C[N+](C)(C)C. The summed E-state index contributed by atoms with van der Waals surface area (Å²) < 4.78 is 5.85. The lowest BCUT2D eigenvalue weighted by molar-refractivity contribution is -0.873. The molecule has 1 atom stereocenters. The van der Waals surface area contributed by atoms with E-state index in [0.717, 1.165) is 19.3 Å². The van der Waals surface area contributed by atoms with Crippen LogP contribution in [0.1, 0.15) is 64.7 Å². The molecule has 150 valence electrons. The monoisotopic (exact) mass is 367 g/mol. The number of esters is 1. The predicted octanol–water partition coefficient (Wildman–Crippen LogP) is 3.00. The average Bonchev–Trinajstić information content (AvgIpc) is 2.50. The number of rotatable bonds is 15. The van der Waals surface area contributed by atoms with Crippen LogP contribution in [-0.2, 0) is 14.3 Å². The van der Waals surface area contributed by atoms with E-state index in [1.165, 1.54) is 19.3 Å². The van der Waals surface area contributed by atoms with Crippen molar-refractivity contribution < 1.29 is 23.9 Å². The Morgan fingerprint density at radius 2 is 1.62 bits per heavy atom. The molecule has 0 aliphatic rings. The van der Waals surface area contributed by atoms with Crippen molar-refractivity contribution in [2.24, 2.45) is 0 Å². The zero-order chi connectivity index (χ0) is 19.8. The molecule has 5 heteroatoms. The summed E-state index contributed by atoms with van der Waals surface area (Å²) in [5, 5.41) is 10.8. The summed E-state index contributed by atoms with van der Waals surface area (Å²) in [6.07, 6.45) is 15.4. The molecular formula is C21H37NO4. The molecule has 0 aromatic heterocycles. The first kappa shape index (κ1) is 24.4. The van der Waals surface area contributed by atoms with Crippen LogP contribution >= 0.6 is 0 Å². The molecule has 0 N–H and O–H groups in total. The fourth-order valence-electron chi connectivity index (χ4n) is 2.57. The molecule has 0 saturated carbocycles. The minimum absolute atomic E-state index is 0.258. The Labute approximate surface area is 159 Å². The summed E-state index contributed by atoms with van der Waals surface area (Å²) in [5.41, 5.74) is 0. The quantitative estimate of drug-likeness (QED) is 0.193. The molecule has 0 spiro atoms. The van der Waals surface area contributed by atoms with Gasteiger partial charge in [0.25, 0.3) is 0 Å². The van der Waals surface area contributed by atoms with Crippen molar-refractivity contribution >= 4 is 11.9 Å². The van der Waals surface area contributed by atoms with Gasteiger partial charge in [-0.05, 0) is 32.1 Å². The lowest BCUT2D eigenvalue weighted by Crippen LogP contribution is -2.45. The number of carboxylic acid groups (broad SMARTS) is 1. The number of unbranched alkanes of at least 4 members (excludes halogenated alkanes) is 4. The minimum atomic E-state index is -1.19. The molecule has 0 aliphatic carbocycles. The zero-order valence-corrected chi connectivity index (χ0v) is 17.0. The predicted molar refractivity (Wildman–Crippen MR) is 103 cm³/mol. The third-order valence-electron chi connectivity index (χ3n) is 3.78. The highest BCUT2D eigenvalue weighted by molar-refractivity contribution is 5.70. The van der Waals surface area contributed by atoms with Gasteiger partial charge in [-0.2, -0.15) is 0 Å². The second-order valence-electron chi connectivity index (χ2n) is 7.73. The van der Waals surface area contributed by atoms with Crippen LogP contribution in [0.2, 0.25) is 0 Å². The van der Waals surface area contributed by atoms with Crippen molar-refractivity contribution in [2.75, 3.05) is 27.7 Å². The van der Waals surface area contributed by atoms with Gasteiger partial charge in [-0.15, -0.1) is 0 Å². The molecule has 0 bridgehead atoms. The van der Waals surface area contributed by atoms with Crippen LogP contribution in [0.4, 0.5) is 0 Å². The smallest absolute Gasteiger partial charge is 0.306 e. The van der Waals surface area contributed by atoms with Crippen LogP contribution in [0, 0.1) is 0 Å². The van der Waals surface area contributed by atoms with E-state index in [-0.39, 0.29) is 12.4 Å². The van der Waals surface area contributed by atoms with Crippen molar-refractivity contribution in [3.63, 3.8) is 0 Å². The Morgan fingerprint density at radius 1 is 1.00 bits per heavy atom. The van der Waals surface area contributed by atoms with Gasteiger partial charge >= 0.3 is 5.97 Å². The summed E-state index contributed by atoms with van der Waals surface area (Å²) >= 11 is 0. The topological polar surface area (TPSA) is 66.4 Å². The Bertz CT molecular complexity index is 449. The molecule has 0 aromatic rings. The van der Waals surface area contributed by atoms with Crippen molar-refractivity contribution in [3.8, 4) is 0 Å². The molecule has 0 aliphatic heterocycles. The van der Waals surface area contributed by atoms with Crippen LogP contribution in [-0.4, -0.2) is 50.2 Å². The standard InChI is InChI=1S/C21H37NO4/c1-5-6-7-8-9-10-11-12-13-14-15-16-21(25)26-19(17-20(23)24)18-22(2,3)4/h9-10,12-13,19H,5-8,11,14-18H2,1-4H3/b10-9-,13-12-. The fourth-order valence-corrected chi connectivity index (χ4v) is 2.57. The van der Waals surface area contributed by atoms with Crippen molar-refractivity contribution in [3.05, 3.63) is 24.3 Å². The van der Waals surface area contributed by atoms with E-state index in [1.54, 1.807) is 0 Å². The second-order valence-corrected chi connectivity index (χ2v) is 7.73. The van der Waals surface area contributed by atoms with Gasteiger partial charge in [-0.1, -0.05) is 44.1 Å². The molecule has 26 heavy (non-hydrogen) atoms. The molecule has 5 nitrogen and oxygen atoms in total. The van der Waals surface area contributed by atoms with E-state index in [2.05, 4.69) is 31.2 Å². The van der Waals surface area contributed by atoms with Gasteiger partial charge in [0, 0.05) is 18.8 Å². The number of ether oxygens (including phenoxy) is 1. The van der Waals surface area contributed by atoms with E-state index in [0.29, 0.717) is 23.9 Å². The van der Waals surface area contributed by atoms with Crippen LogP contribution in [0.5, 0.6) is 0 Å². The lowest BCUT2D eigenvalue weighted by Gasteiger charge is -2.29. The summed E-state index contributed by atoms with van der Waals surface area (Å²) in [7, 11) is 5.79. The Morgan fingerprint density at radius 3 is 2.15 bits per heavy atom. The maximum Gasteiger partial charge on any atom is 0.306 e. The van der Waals surface area contributed by atoms with Crippen LogP contribution < -0.4 is 5.11 Å². The van der Waals surface area contributed by atoms with Crippen LogP contribution in [0.25, 0.3) is 0 Å². The number of carbonyl (C=O) groups is 2. The molecule has 0 rings (SSSR count). The van der Waals surface area contributed by atoms with E-state index in [1.807, 2.05) is 21.1 Å². The largest absolute Gasteiger partial charge is 0.550 e. The molecular weight excluding hydrogens is 330 g/mol. The van der Waals surface area contributed by atoms with Gasteiger partial charge in [-0.25, -0.2) is 0 Å². The first-order valence-electron chi connectivity index (χ1n) is 9.74. The summed E-state index contributed by atoms with van der Waals surface area (Å²) in [6, 6.07) is 0. The molecule has 1 unspecified atom stereocenters. The number of quaternary nitrogens is 1. The number of hydrogen-bond donors (Lipinski definition) is 0. The van der Waals surface area contributed by atoms with Crippen molar-refractivity contribution in [2.45, 2.75) is 70.8 Å². The maximum atomic E-state index is 11.9. The lowest BCUT2D eigenvalue weighted by atomic mass is 10.2. The first-order valence-corrected chi connectivity index (χ1v) is 9.74.